The summed E-state index contributed by atoms with van der Waals surface area (Å²) in [5, 5.41) is 3.44. The molecule has 21 heavy (non-hydrogen) atoms. The minimum Gasteiger partial charge on any atom is -0.321 e. The molecule has 0 unspecified atom stereocenters. The lowest BCUT2D eigenvalue weighted by atomic mass is 10.1. The lowest BCUT2D eigenvalue weighted by molar-refractivity contribution is 0.377. The highest BCUT2D eigenvalue weighted by Gasteiger charge is 2.21. The van der Waals surface area contributed by atoms with Crippen molar-refractivity contribution in [2.24, 2.45) is 0 Å². The number of nitrogens with one attached hydrogen (secondary N) is 1. The highest BCUT2D eigenvalue weighted by Crippen LogP contribution is 2.31. The molecule has 3 aromatic rings. The second kappa shape index (κ2) is 5.30. The van der Waals surface area contributed by atoms with E-state index in [0.717, 1.165) is 42.8 Å². The summed E-state index contributed by atoms with van der Waals surface area (Å²) in [5.41, 5.74) is 3.44. The van der Waals surface area contributed by atoms with Crippen LogP contribution in [0.25, 0.3) is 22.4 Å². The molecule has 1 aliphatic heterocycles. The first-order chi connectivity index (χ1) is 10.4. The van der Waals surface area contributed by atoms with Crippen molar-refractivity contribution in [2.45, 2.75) is 18.9 Å². The monoisotopic (exact) mass is 278 g/mol. The summed E-state index contributed by atoms with van der Waals surface area (Å²) in [6, 6.07) is 13.0. The summed E-state index contributed by atoms with van der Waals surface area (Å²) in [6.45, 7) is 2.15. The van der Waals surface area contributed by atoms with Crippen LogP contribution in [0.1, 0.15) is 18.9 Å². The van der Waals surface area contributed by atoms with Crippen LogP contribution in [-0.4, -0.2) is 27.6 Å². The summed E-state index contributed by atoms with van der Waals surface area (Å²) in [5.74, 6) is 1.06. The minimum absolute atomic E-state index is 0.516. The number of para-hydroxylation sites is 2. The van der Waals surface area contributed by atoms with Crippen LogP contribution in [0.5, 0.6) is 0 Å². The van der Waals surface area contributed by atoms with E-state index in [-0.39, 0.29) is 0 Å². The van der Waals surface area contributed by atoms with Crippen molar-refractivity contribution in [3.8, 4) is 11.4 Å². The standard InChI is InChI=1S/C17H18N4/c1-2-4-16-15(3-1)20-17(13-5-9-18-10-6-13)21(16)14-7-11-19-12-8-14/h1-6,9-10,14,19H,7-8,11-12H2. The zero-order chi connectivity index (χ0) is 14.1. The molecule has 2 aromatic heterocycles. The maximum absolute atomic E-state index is 4.87. The van der Waals surface area contributed by atoms with E-state index in [1.54, 1.807) is 0 Å². The first-order valence-corrected chi connectivity index (χ1v) is 7.51. The predicted molar refractivity (Wildman–Crippen MR) is 84.1 cm³/mol. The number of imidazole rings is 1. The number of hydrogen-bond acceptors (Lipinski definition) is 3. The molecule has 1 N–H and O–H groups in total. The van der Waals surface area contributed by atoms with Gasteiger partial charge in [0.2, 0.25) is 0 Å². The van der Waals surface area contributed by atoms with E-state index in [1.807, 2.05) is 24.5 Å². The van der Waals surface area contributed by atoms with Crippen LogP contribution in [-0.2, 0) is 0 Å². The predicted octanol–water partition coefficient (Wildman–Crippen LogP) is 3.02. The fraction of sp³-hybridized carbons (Fsp3) is 0.294. The van der Waals surface area contributed by atoms with Crippen LogP contribution < -0.4 is 5.32 Å². The van der Waals surface area contributed by atoms with Crippen molar-refractivity contribution in [3.63, 3.8) is 0 Å². The van der Waals surface area contributed by atoms with E-state index in [0.29, 0.717) is 6.04 Å². The average molecular weight is 278 g/mol. The first kappa shape index (κ1) is 12.5. The molecule has 0 aliphatic carbocycles. The maximum atomic E-state index is 4.87. The molecule has 4 nitrogen and oxygen atoms in total. The van der Waals surface area contributed by atoms with Gasteiger partial charge in [-0.05, 0) is 50.2 Å². The summed E-state index contributed by atoms with van der Waals surface area (Å²) < 4.78 is 2.42. The number of rotatable bonds is 2. The molecule has 4 heteroatoms. The molecule has 3 heterocycles. The summed E-state index contributed by atoms with van der Waals surface area (Å²) in [7, 11) is 0. The Bertz CT molecular complexity index is 742. The number of benzene rings is 1. The molecule has 1 fully saturated rings. The fourth-order valence-electron chi connectivity index (χ4n) is 3.18. The van der Waals surface area contributed by atoms with E-state index in [1.165, 1.54) is 5.52 Å². The van der Waals surface area contributed by atoms with Crippen LogP contribution in [0.2, 0.25) is 0 Å². The Morgan fingerprint density at radius 1 is 1.00 bits per heavy atom. The topological polar surface area (TPSA) is 42.7 Å². The summed E-state index contributed by atoms with van der Waals surface area (Å²) in [6.07, 6.45) is 5.97. The molecule has 1 saturated heterocycles. The first-order valence-electron chi connectivity index (χ1n) is 7.51. The van der Waals surface area contributed by atoms with Crippen LogP contribution in [0.3, 0.4) is 0 Å². The number of aromatic nitrogens is 3. The van der Waals surface area contributed by atoms with Gasteiger partial charge in [0.15, 0.2) is 0 Å². The lowest BCUT2D eigenvalue weighted by Crippen LogP contribution is -2.29. The van der Waals surface area contributed by atoms with Crippen molar-refractivity contribution < 1.29 is 0 Å². The van der Waals surface area contributed by atoms with E-state index >= 15 is 0 Å². The summed E-state index contributed by atoms with van der Waals surface area (Å²) in [4.78, 5) is 8.99. The molecule has 0 spiro atoms. The van der Waals surface area contributed by atoms with Gasteiger partial charge in [-0.25, -0.2) is 4.98 Å². The van der Waals surface area contributed by atoms with Crippen LogP contribution in [0, 0.1) is 0 Å². The Balaban J connectivity index is 1.92. The smallest absolute Gasteiger partial charge is 0.141 e. The highest BCUT2D eigenvalue weighted by atomic mass is 15.1. The molecular formula is C17H18N4. The lowest BCUT2D eigenvalue weighted by Gasteiger charge is -2.26. The molecule has 106 valence electrons. The second-order valence-electron chi connectivity index (χ2n) is 5.51. The van der Waals surface area contributed by atoms with Gasteiger partial charge in [-0.2, -0.15) is 0 Å². The third-order valence-electron chi connectivity index (χ3n) is 4.21. The van der Waals surface area contributed by atoms with Crippen molar-refractivity contribution in [3.05, 3.63) is 48.8 Å². The molecule has 1 aromatic carbocycles. The van der Waals surface area contributed by atoms with Gasteiger partial charge in [-0.15, -0.1) is 0 Å². The normalized spacial score (nSPS) is 16.4. The number of hydrogen-bond donors (Lipinski definition) is 1. The Morgan fingerprint density at radius 3 is 2.57 bits per heavy atom. The molecule has 0 radical (unpaired) electrons. The largest absolute Gasteiger partial charge is 0.321 e. The van der Waals surface area contributed by atoms with Gasteiger partial charge in [0.1, 0.15) is 5.82 Å². The van der Waals surface area contributed by atoms with Crippen molar-refractivity contribution in [1.82, 2.24) is 19.9 Å². The summed E-state index contributed by atoms with van der Waals surface area (Å²) >= 11 is 0. The molecule has 0 atom stereocenters. The zero-order valence-electron chi connectivity index (χ0n) is 11.9. The Labute approximate surface area is 123 Å². The third-order valence-corrected chi connectivity index (χ3v) is 4.21. The number of pyridine rings is 1. The molecule has 4 rings (SSSR count). The SMILES string of the molecule is c1ccc2c(c1)nc(-c1ccncc1)n2C1CCNCC1. The van der Waals surface area contributed by atoms with Crippen LogP contribution >= 0.6 is 0 Å². The van der Waals surface area contributed by atoms with Crippen LogP contribution in [0.15, 0.2) is 48.8 Å². The van der Waals surface area contributed by atoms with Gasteiger partial charge in [0.05, 0.1) is 11.0 Å². The van der Waals surface area contributed by atoms with Crippen molar-refractivity contribution >= 4 is 11.0 Å². The van der Waals surface area contributed by atoms with Gasteiger partial charge < -0.3 is 9.88 Å². The Hall–Kier alpha value is -2.20. The van der Waals surface area contributed by atoms with Crippen molar-refractivity contribution in [1.29, 1.82) is 0 Å². The highest BCUT2D eigenvalue weighted by molar-refractivity contribution is 5.80. The van der Waals surface area contributed by atoms with E-state index < -0.39 is 0 Å². The fourth-order valence-corrected chi connectivity index (χ4v) is 3.18. The van der Waals surface area contributed by atoms with Crippen LogP contribution in [0.4, 0.5) is 0 Å². The van der Waals surface area contributed by atoms with E-state index in [9.17, 15) is 0 Å². The molecule has 0 bridgehead atoms. The number of piperidine rings is 1. The molecule has 0 amide bonds. The minimum atomic E-state index is 0.516. The molecular weight excluding hydrogens is 260 g/mol. The quantitative estimate of drug-likeness (QED) is 0.783. The Morgan fingerprint density at radius 2 is 1.76 bits per heavy atom. The number of fused-ring (bicyclic) bond motifs is 1. The maximum Gasteiger partial charge on any atom is 0.141 e. The molecule has 0 saturated carbocycles. The third kappa shape index (κ3) is 2.21. The van der Waals surface area contributed by atoms with E-state index in [4.69, 9.17) is 4.98 Å². The molecule has 1 aliphatic rings. The van der Waals surface area contributed by atoms with E-state index in [2.05, 4.69) is 39.1 Å². The van der Waals surface area contributed by atoms with Gasteiger partial charge in [-0.3, -0.25) is 4.98 Å². The van der Waals surface area contributed by atoms with Crippen molar-refractivity contribution in [2.75, 3.05) is 13.1 Å². The van der Waals surface area contributed by atoms with Gasteiger partial charge in [-0.1, -0.05) is 12.1 Å². The zero-order valence-corrected chi connectivity index (χ0v) is 11.9. The number of nitrogens with zero attached hydrogens (tertiary/aromatic N) is 3. The van der Waals surface area contributed by atoms with Gasteiger partial charge in [0.25, 0.3) is 0 Å². The average Bonchev–Trinajstić information content (AvgIpc) is 2.96. The van der Waals surface area contributed by atoms with Gasteiger partial charge in [0, 0.05) is 24.0 Å². The second-order valence-corrected chi connectivity index (χ2v) is 5.51. The Kier molecular flexibility index (Phi) is 3.16. The van der Waals surface area contributed by atoms with Gasteiger partial charge >= 0.3 is 0 Å².